The fourth-order valence-corrected chi connectivity index (χ4v) is 1.95. The second kappa shape index (κ2) is 9.80. The Kier molecular flexibility index (Phi) is 7.94. The minimum atomic E-state index is -0.851. The molecular formula is C16H24N2O3. The number of anilines is 1. The molecule has 0 saturated heterocycles. The summed E-state index contributed by atoms with van der Waals surface area (Å²) < 4.78 is 0. The van der Waals surface area contributed by atoms with E-state index in [0.29, 0.717) is 13.0 Å². The zero-order chi connectivity index (χ0) is 15.5. The van der Waals surface area contributed by atoms with Crippen molar-refractivity contribution < 1.29 is 14.7 Å². The summed E-state index contributed by atoms with van der Waals surface area (Å²) in [6.45, 7) is 2.54. The normalized spacial score (nSPS) is 10.1. The van der Waals surface area contributed by atoms with Crippen LogP contribution in [0.2, 0.25) is 0 Å². The molecule has 0 aliphatic carbocycles. The van der Waals surface area contributed by atoms with Crippen molar-refractivity contribution in [3.8, 4) is 0 Å². The predicted octanol–water partition coefficient (Wildman–Crippen LogP) is 3.41. The van der Waals surface area contributed by atoms with E-state index >= 15 is 0 Å². The topological polar surface area (TPSA) is 78.4 Å². The number of carbonyl (C=O) groups is 2. The zero-order valence-electron chi connectivity index (χ0n) is 12.5. The molecule has 21 heavy (non-hydrogen) atoms. The van der Waals surface area contributed by atoms with Crippen LogP contribution in [-0.2, 0) is 11.2 Å². The van der Waals surface area contributed by atoms with Gasteiger partial charge in [-0.2, -0.15) is 0 Å². The van der Waals surface area contributed by atoms with Crippen molar-refractivity contribution >= 4 is 17.7 Å². The molecule has 5 nitrogen and oxygen atoms in total. The second-order valence-corrected chi connectivity index (χ2v) is 5.03. The molecule has 3 N–H and O–H groups in total. The average molecular weight is 292 g/mol. The Hall–Kier alpha value is -2.04. The van der Waals surface area contributed by atoms with Gasteiger partial charge < -0.3 is 15.7 Å². The third-order valence-corrected chi connectivity index (χ3v) is 3.13. The highest BCUT2D eigenvalue weighted by atomic mass is 16.4. The van der Waals surface area contributed by atoms with Crippen LogP contribution >= 0.6 is 0 Å². The first kappa shape index (κ1) is 17.0. The van der Waals surface area contributed by atoms with Crippen LogP contribution in [0.5, 0.6) is 0 Å². The van der Waals surface area contributed by atoms with Crippen LogP contribution < -0.4 is 10.6 Å². The molecule has 1 aromatic carbocycles. The van der Waals surface area contributed by atoms with Gasteiger partial charge >= 0.3 is 12.0 Å². The van der Waals surface area contributed by atoms with E-state index in [0.717, 1.165) is 12.1 Å². The molecule has 2 amide bonds. The number of carboxylic acid groups (broad SMARTS) is 1. The minimum absolute atomic E-state index is 0.0622. The number of rotatable bonds is 9. The maximum Gasteiger partial charge on any atom is 0.319 e. The lowest BCUT2D eigenvalue weighted by atomic mass is 10.1. The van der Waals surface area contributed by atoms with Gasteiger partial charge in [-0.1, -0.05) is 31.9 Å². The van der Waals surface area contributed by atoms with Gasteiger partial charge in [0.25, 0.3) is 0 Å². The minimum Gasteiger partial charge on any atom is -0.481 e. The highest BCUT2D eigenvalue weighted by Crippen LogP contribution is 2.12. The van der Waals surface area contributed by atoms with E-state index < -0.39 is 5.97 Å². The number of hydrogen-bond acceptors (Lipinski definition) is 2. The van der Waals surface area contributed by atoms with E-state index in [9.17, 15) is 9.59 Å². The SMILES string of the molecule is CCCCCc1ccc(NC(=O)NCCCC(=O)O)cc1. The molecule has 1 aromatic rings. The summed E-state index contributed by atoms with van der Waals surface area (Å²) in [4.78, 5) is 21.9. The molecule has 5 heteroatoms. The van der Waals surface area contributed by atoms with Gasteiger partial charge in [0, 0.05) is 18.7 Å². The van der Waals surface area contributed by atoms with Gasteiger partial charge in [-0.3, -0.25) is 4.79 Å². The number of amides is 2. The molecule has 0 saturated carbocycles. The Morgan fingerprint density at radius 2 is 1.81 bits per heavy atom. The summed E-state index contributed by atoms with van der Waals surface area (Å²) >= 11 is 0. The first-order chi connectivity index (χ1) is 10.1. The van der Waals surface area contributed by atoms with Crippen molar-refractivity contribution in [1.82, 2.24) is 5.32 Å². The first-order valence-electron chi connectivity index (χ1n) is 7.47. The lowest BCUT2D eigenvalue weighted by molar-refractivity contribution is -0.137. The van der Waals surface area contributed by atoms with Crippen LogP contribution in [0.15, 0.2) is 24.3 Å². The maximum absolute atomic E-state index is 11.6. The number of benzene rings is 1. The molecule has 0 aliphatic rings. The van der Waals surface area contributed by atoms with Crippen molar-refractivity contribution in [3.63, 3.8) is 0 Å². The smallest absolute Gasteiger partial charge is 0.319 e. The van der Waals surface area contributed by atoms with Crippen molar-refractivity contribution in [2.45, 2.75) is 45.4 Å². The number of urea groups is 1. The van der Waals surface area contributed by atoms with Crippen LogP contribution in [0.4, 0.5) is 10.5 Å². The fraction of sp³-hybridized carbons (Fsp3) is 0.500. The number of unbranched alkanes of at least 4 members (excludes halogenated alkanes) is 2. The van der Waals surface area contributed by atoms with Crippen LogP contribution in [0.25, 0.3) is 0 Å². The number of carboxylic acids is 1. The van der Waals surface area contributed by atoms with Gasteiger partial charge in [0.15, 0.2) is 0 Å². The van der Waals surface area contributed by atoms with Gasteiger partial charge in [0.2, 0.25) is 0 Å². The van der Waals surface area contributed by atoms with Crippen molar-refractivity contribution in [2.24, 2.45) is 0 Å². The standard InChI is InChI=1S/C16H24N2O3/c1-2-3-4-6-13-8-10-14(11-9-13)18-16(21)17-12-5-7-15(19)20/h8-11H,2-7,12H2,1H3,(H,19,20)(H2,17,18,21). The Morgan fingerprint density at radius 1 is 1.10 bits per heavy atom. The van der Waals surface area contributed by atoms with Crippen molar-refractivity contribution in [2.75, 3.05) is 11.9 Å². The largest absolute Gasteiger partial charge is 0.481 e. The van der Waals surface area contributed by atoms with E-state index in [1.165, 1.54) is 24.8 Å². The lowest BCUT2D eigenvalue weighted by Crippen LogP contribution is -2.29. The highest BCUT2D eigenvalue weighted by Gasteiger charge is 2.02. The van der Waals surface area contributed by atoms with Gasteiger partial charge in [0.05, 0.1) is 0 Å². The number of aliphatic carboxylic acids is 1. The summed E-state index contributed by atoms with van der Waals surface area (Å²) in [7, 11) is 0. The van der Waals surface area contributed by atoms with Crippen LogP contribution in [0, 0.1) is 0 Å². The molecule has 0 unspecified atom stereocenters. The molecule has 0 heterocycles. The van der Waals surface area contributed by atoms with E-state index in [2.05, 4.69) is 17.6 Å². The van der Waals surface area contributed by atoms with Crippen molar-refractivity contribution in [1.29, 1.82) is 0 Å². The molecule has 0 spiro atoms. The summed E-state index contributed by atoms with van der Waals surface area (Å²) in [6, 6.07) is 7.51. The molecule has 0 fully saturated rings. The van der Waals surface area contributed by atoms with E-state index in [4.69, 9.17) is 5.11 Å². The molecule has 0 aliphatic heterocycles. The zero-order valence-corrected chi connectivity index (χ0v) is 12.5. The molecule has 1 rings (SSSR count). The molecule has 0 bridgehead atoms. The van der Waals surface area contributed by atoms with Gasteiger partial charge in [-0.05, 0) is 37.0 Å². The maximum atomic E-state index is 11.6. The molecule has 0 atom stereocenters. The summed E-state index contributed by atoms with van der Waals surface area (Å²) in [5, 5.41) is 13.8. The number of carbonyl (C=O) groups excluding carboxylic acids is 1. The lowest BCUT2D eigenvalue weighted by Gasteiger charge is -2.08. The third kappa shape index (κ3) is 7.97. The summed E-state index contributed by atoms with van der Waals surface area (Å²) in [5.74, 6) is -0.851. The average Bonchev–Trinajstić information content (AvgIpc) is 2.45. The fourth-order valence-electron chi connectivity index (χ4n) is 1.95. The molecule has 0 radical (unpaired) electrons. The van der Waals surface area contributed by atoms with E-state index in [1.54, 1.807) is 0 Å². The number of aryl methyl sites for hydroxylation is 1. The van der Waals surface area contributed by atoms with E-state index in [-0.39, 0.29) is 12.5 Å². The quantitative estimate of drug-likeness (QED) is 0.610. The number of nitrogens with one attached hydrogen (secondary N) is 2. The van der Waals surface area contributed by atoms with Gasteiger partial charge in [-0.25, -0.2) is 4.79 Å². The van der Waals surface area contributed by atoms with Crippen LogP contribution in [0.1, 0.15) is 44.6 Å². The Labute approximate surface area is 125 Å². The van der Waals surface area contributed by atoms with Gasteiger partial charge in [0.1, 0.15) is 0 Å². The highest BCUT2D eigenvalue weighted by molar-refractivity contribution is 5.89. The molecular weight excluding hydrogens is 268 g/mol. The molecule has 0 aromatic heterocycles. The summed E-state index contributed by atoms with van der Waals surface area (Å²) in [6.07, 6.45) is 5.19. The molecule has 116 valence electrons. The number of hydrogen-bond donors (Lipinski definition) is 3. The Morgan fingerprint density at radius 3 is 2.43 bits per heavy atom. The Balaban J connectivity index is 2.27. The first-order valence-corrected chi connectivity index (χ1v) is 7.47. The Bertz CT molecular complexity index is 443. The predicted molar refractivity (Wildman–Crippen MR) is 83.6 cm³/mol. The summed E-state index contributed by atoms with van der Waals surface area (Å²) in [5.41, 5.74) is 2.01. The third-order valence-electron chi connectivity index (χ3n) is 3.13. The van der Waals surface area contributed by atoms with Crippen molar-refractivity contribution in [3.05, 3.63) is 29.8 Å². The monoisotopic (exact) mass is 292 g/mol. The van der Waals surface area contributed by atoms with Crippen LogP contribution in [-0.4, -0.2) is 23.7 Å². The van der Waals surface area contributed by atoms with E-state index in [1.807, 2.05) is 24.3 Å². The van der Waals surface area contributed by atoms with Crippen LogP contribution in [0.3, 0.4) is 0 Å². The van der Waals surface area contributed by atoms with Gasteiger partial charge in [-0.15, -0.1) is 0 Å². The second-order valence-electron chi connectivity index (χ2n) is 5.03.